The van der Waals surface area contributed by atoms with Gasteiger partial charge in [-0.1, -0.05) is 22.0 Å². The van der Waals surface area contributed by atoms with Crippen molar-refractivity contribution in [2.75, 3.05) is 6.54 Å². The van der Waals surface area contributed by atoms with Gasteiger partial charge in [0.2, 0.25) is 0 Å². The average Bonchev–Trinajstić information content (AvgIpc) is 2.41. The van der Waals surface area contributed by atoms with E-state index in [0.29, 0.717) is 6.54 Å². The molecule has 1 atom stereocenters. The van der Waals surface area contributed by atoms with Crippen molar-refractivity contribution in [3.63, 3.8) is 0 Å². The topological polar surface area (TPSA) is 38.3 Å². The number of halogens is 1. The van der Waals surface area contributed by atoms with Crippen molar-refractivity contribution in [2.45, 2.75) is 58.5 Å². The molecular formula is C18H26BrNO2. The predicted molar refractivity (Wildman–Crippen MR) is 93.1 cm³/mol. The summed E-state index contributed by atoms with van der Waals surface area (Å²) in [5.41, 5.74) is 2.54. The molecule has 1 aromatic rings. The molecule has 4 heteroatoms. The first-order chi connectivity index (χ1) is 10.3. The highest BCUT2D eigenvalue weighted by Crippen LogP contribution is 2.30. The normalized spacial score (nSPS) is 17.7. The monoisotopic (exact) mass is 367 g/mol. The first-order valence-corrected chi connectivity index (χ1v) is 8.87. The van der Waals surface area contributed by atoms with Gasteiger partial charge in [0.1, 0.15) is 5.60 Å². The molecule has 0 saturated heterocycles. The van der Waals surface area contributed by atoms with Crippen molar-refractivity contribution in [3.05, 3.63) is 33.8 Å². The second kappa shape index (κ2) is 7.49. The van der Waals surface area contributed by atoms with Crippen molar-refractivity contribution in [2.24, 2.45) is 5.92 Å². The Hall–Kier alpha value is -1.03. The maximum atomic E-state index is 11.6. The molecule has 1 aliphatic carbocycles. The van der Waals surface area contributed by atoms with Crippen LogP contribution in [-0.2, 0) is 17.6 Å². The Labute approximate surface area is 141 Å². The highest BCUT2D eigenvalue weighted by Gasteiger charge is 2.19. The SMILES string of the molecule is CC(C)(C)OC(=O)NCCC[C@@H]1CCc2cc(Br)ccc2C1. The first kappa shape index (κ1) is 17.3. The molecule has 0 aromatic heterocycles. The van der Waals surface area contributed by atoms with Gasteiger partial charge in [-0.15, -0.1) is 0 Å². The van der Waals surface area contributed by atoms with E-state index in [9.17, 15) is 4.79 Å². The predicted octanol–water partition coefficient (Wildman–Crippen LogP) is 4.86. The molecule has 1 aliphatic rings. The van der Waals surface area contributed by atoms with Crippen LogP contribution in [0.25, 0.3) is 0 Å². The van der Waals surface area contributed by atoms with Gasteiger partial charge in [-0.25, -0.2) is 4.79 Å². The molecule has 0 saturated carbocycles. The van der Waals surface area contributed by atoms with Gasteiger partial charge < -0.3 is 10.1 Å². The lowest BCUT2D eigenvalue weighted by Gasteiger charge is -2.25. The van der Waals surface area contributed by atoms with Crippen LogP contribution in [-0.4, -0.2) is 18.2 Å². The lowest BCUT2D eigenvalue weighted by molar-refractivity contribution is 0.0526. The Morgan fingerprint density at radius 2 is 2.14 bits per heavy atom. The zero-order valence-corrected chi connectivity index (χ0v) is 15.3. The molecule has 0 heterocycles. The van der Waals surface area contributed by atoms with Gasteiger partial charge in [-0.3, -0.25) is 0 Å². The standard InChI is InChI=1S/C18H26BrNO2/c1-18(2,3)22-17(21)20-10-4-5-13-6-7-15-12-16(19)9-8-14(15)11-13/h8-9,12-13H,4-7,10-11H2,1-3H3,(H,20,21)/t13-/m1/s1. The Morgan fingerprint density at radius 3 is 2.86 bits per heavy atom. The Balaban J connectivity index is 1.69. The zero-order valence-electron chi connectivity index (χ0n) is 13.7. The van der Waals surface area contributed by atoms with E-state index in [4.69, 9.17) is 4.74 Å². The molecule has 1 aromatic carbocycles. The maximum Gasteiger partial charge on any atom is 0.407 e. The van der Waals surface area contributed by atoms with Crippen LogP contribution in [0.15, 0.2) is 22.7 Å². The van der Waals surface area contributed by atoms with Crippen LogP contribution >= 0.6 is 15.9 Å². The van der Waals surface area contributed by atoms with Gasteiger partial charge in [0, 0.05) is 11.0 Å². The van der Waals surface area contributed by atoms with Gasteiger partial charge in [0.15, 0.2) is 0 Å². The summed E-state index contributed by atoms with van der Waals surface area (Å²) in [6.45, 7) is 6.33. The van der Waals surface area contributed by atoms with Crippen molar-refractivity contribution in [1.29, 1.82) is 0 Å². The van der Waals surface area contributed by atoms with Gasteiger partial charge >= 0.3 is 6.09 Å². The van der Waals surface area contributed by atoms with E-state index >= 15 is 0 Å². The third kappa shape index (κ3) is 5.64. The number of hydrogen-bond acceptors (Lipinski definition) is 2. The van der Waals surface area contributed by atoms with Crippen LogP contribution < -0.4 is 5.32 Å². The number of amides is 1. The van der Waals surface area contributed by atoms with Crippen molar-refractivity contribution >= 4 is 22.0 Å². The number of carbonyl (C=O) groups is 1. The molecule has 2 rings (SSSR count). The first-order valence-electron chi connectivity index (χ1n) is 8.07. The van der Waals surface area contributed by atoms with Gasteiger partial charge in [0.05, 0.1) is 0 Å². The van der Waals surface area contributed by atoms with Gasteiger partial charge in [0.25, 0.3) is 0 Å². The Kier molecular flexibility index (Phi) is 5.90. The van der Waals surface area contributed by atoms with Crippen molar-refractivity contribution in [3.8, 4) is 0 Å². The van der Waals surface area contributed by atoms with E-state index in [1.807, 2.05) is 20.8 Å². The minimum Gasteiger partial charge on any atom is -0.444 e. The average molecular weight is 368 g/mol. The van der Waals surface area contributed by atoms with E-state index in [0.717, 1.165) is 25.2 Å². The second-order valence-corrected chi connectivity index (χ2v) is 8.01. The molecule has 0 fully saturated rings. The van der Waals surface area contributed by atoms with Crippen LogP contribution in [0.5, 0.6) is 0 Å². The number of nitrogens with one attached hydrogen (secondary N) is 1. The summed E-state index contributed by atoms with van der Waals surface area (Å²) in [5.74, 6) is 0.731. The molecule has 3 nitrogen and oxygen atoms in total. The van der Waals surface area contributed by atoms with Crippen LogP contribution in [0.2, 0.25) is 0 Å². The fourth-order valence-corrected chi connectivity index (χ4v) is 3.35. The molecule has 0 bridgehead atoms. The number of fused-ring (bicyclic) bond motifs is 1. The quantitative estimate of drug-likeness (QED) is 0.771. The summed E-state index contributed by atoms with van der Waals surface area (Å²) < 4.78 is 6.41. The molecular weight excluding hydrogens is 342 g/mol. The van der Waals surface area contributed by atoms with E-state index in [1.54, 1.807) is 0 Å². The molecule has 0 spiro atoms. The number of rotatable bonds is 4. The third-order valence-corrected chi connectivity index (χ3v) is 4.45. The smallest absolute Gasteiger partial charge is 0.407 e. The lowest BCUT2D eigenvalue weighted by Crippen LogP contribution is -2.33. The molecule has 0 radical (unpaired) electrons. The largest absolute Gasteiger partial charge is 0.444 e. The molecule has 1 N–H and O–H groups in total. The van der Waals surface area contributed by atoms with Crippen molar-refractivity contribution < 1.29 is 9.53 Å². The Bertz CT molecular complexity index is 522. The highest BCUT2D eigenvalue weighted by atomic mass is 79.9. The number of benzene rings is 1. The maximum absolute atomic E-state index is 11.6. The van der Waals surface area contributed by atoms with E-state index in [2.05, 4.69) is 39.4 Å². The van der Waals surface area contributed by atoms with Gasteiger partial charge in [-0.05, 0) is 82.1 Å². The summed E-state index contributed by atoms with van der Waals surface area (Å²) in [7, 11) is 0. The molecule has 0 aliphatic heterocycles. The molecule has 0 unspecified atom stereocenters. The fraction of sp³-hybridized carbons (Fsp3) is 0.611. The minimum absolute atomic E-state index is 0.314. The third-order valence-electron chi connectivity index (χ3n) is 3.96. The Morgan fingerprint density at radius 1 is 1.36 bits per heavy atom. The van der Waals surface area contributed by atoms with Crippen LogP contribution in [0, 0.1) is 5.92 Å². The minimum atomic E-state index is -0.425. The fourth-order valence-electron chi connectivity index (χ4n) is 2.94. The second-order valence-electron chi connectivity index (χ2n) is 7.09. The number of alkyl carbamates (subject to hydrolysis) is 1. The summed E-state index contributed by atoms with van der Waals surface area (Å²) in [6.07, 6.45) is 5.43. The molecule has 122 valence electrons. The number of carbonyl (C=O) groups excluding carboxylic acids is 1. The van der Waals surface area contributed by atoms with Crippen LogP contribution in [0.1, 0.15) is 51.2 Å². The number of aryl methyl sites for hydroxylation is 1. The van der Waals surface area contributed by atoms with Gasteiger partial charge in [-0.2, -0.15) is 0 Å². The summed E-state index contributed by atoms with van der Waals surface area (Å²) >= 11 is 3.54. The van der Waals surface area contributed by atoms with Crippen LogP contribution in [0.4, 0.5) is 4.79 Å². The number of hydrogen-bond donors (Lipinski definition) is 1. The molecule has 1 amide bonds. The summed E-state index contributed by atoms with van der Waals surface area (Å²) in [5, 5.41) is 2.84. The summed E-state index contributed by atoms with van der Waals surface area (Å²) in [6, 6.07) is 6.62. The van der Waals surface area contributed by atoms with Crippen molar-refractivity contribution in [1.82, 2.24) is 5.32 Å². The highest BCUT2D eigenvalue weighted by molar-refractivity contribution is 9.10. The van der Waals surface area contributed by atoms with Crippen LogP contribution in [0.3, 0.4) is 0 Å². The van der Waals surface area contributed by atoms with E-state index in [1.165, 1.54) is 28.4 Å². The zero-order chi connectivity index (χ0) is 16.2. The number of ether oxygens (including phenoxy) is 1. The molecule has 22 heavy (non-hydrogen) atoms. The summed E-state index contributed by atoms with van der Waals surface area (Å²) in [4.78, 5) is 11.6. The lowest BCUT2D eigenvalue weighted by atomic mass is 9.82. The van der Waals surface area contributed by atoms with E-state index in [-0.39, 0.29) is 6.09 Å². The van der Waals surface area contributed by atoms with E-state index < -0.39 is 5.60 Å².